The molecule has 174 valence electrons. The predicted molar refractivity (Wildman–Crippen MR) is 135 cm³/mol. The molecule has 3 heterocycles. The van der Waals surface area contributed by atoms with E-state index in [-0.39, 0.29) is 23.4 Å². The first kappa shape index (κ1) is 23.5. The quantitative estimate of drug-likeness (QED) is 0.504. The standard InChI is InChI=1S/C25H29ClN4O2S/c1-3-6-21(22-8-5-14-33-22)27-25(32)18-7-4-13-29(16-18)23-11-12-24(31)30(28-23)19-10-9-17(2)20(26)15-19/h5,8-12,14-15,18,21H,3-4,6-7,13,16H2,1-2H3,(H,27,32). The second-order valence-electron chi connectivity index (χ2n) is 8.53. The maximum Gasteiger partial charge on any atom is 0.271 e. The Morgan fingerprint density at radius 1 is 1.30 bits per heavy atom. The lowest BCUT2D eigenvalue weighted by Gasteiger charge is -2.33. The fraction of sp³-hybridized carbons (Fsp3) is 0.400. The molecule has 0 aliphatic carbocycles. The van der Waals surface area contributed by atoms with Crippen molar-refractivity contribution in [2.24, 2.45) is 5.92 Å². The first-order valence-corrected chi connectivity index (χ1v) is 12.7. The van der Waals surface area contributed by atoms with Crippen molar-refractivity contribution in [3.8, 4) is 5.69 Å². The summed E-state index contributed by atoms with van der Waals surface area (Å²) in [6.45, 7) is 5.43. The molecule has 6 nitrogen and oxygen atoms in total. The smallest absolute Gasteiger partial charge is 0.271 e. The number of carbonyl (C=O) groups excluding carboxylic acids is 1. The molecule has 8 heteroatoms. The summed E-state index contributed by atoms with van der Waals surface area (Å²) in [5.41, 5.74) is 1.35. The van der Waals surface area contributed by atoms with Gasteiger partial charge in [0.1, 0.15) is 5.82 Å². The highest BCUT2D eigenvalue weighted by molar-refractivity contribution is 7.10. The van der Waals surface area contributed by atoms with E-state index < -0.39 is 0 Å². The lowest BCUT2D eigenvalue weighted by atomic mass is 9.96. The van der Waals surface area contributed by atoms with Gasteiger partial charge in [0.25, 0.3) is 5.56 Å². The number of carbonyl (C=O) groups is 1. The fourth-order valence-electron chi connectivity index (χ4n) is 4.22. The Morgan fingerprint density at radius 2 is 2.15 bits per heavy atom. The van der Waals surface area contributed by atoms with Gasteiger partial charge in [-0.25, -0.2) is 0 Å². The van der Waals surface area contributed by atoms with E-state index in [1.807, 2.05) is 30.5 Å². The molecule has 1 N–H and O–H groups in total. The van der Waals surface area contributed by atoms with E-state index >= 15 is 0 Å². The molecule has 0 spiro atoms. The van der Waals surface area contributed by atoms with Crippen molar-refractivity contribution in [2.75, 3.05) is 18.0 Å². The molecule has 0 saturated carbocycles. The van der Waals surface area contributed by atoms with E-state index in [9.17, 15) is 9.59 Å². The highest BCUT2D eigenvalue weighted by Crippen LogP contribution is 2.26. The Kier molecular flexibility index (Phi) is 7.50. The van der Waals surface area contributed by atoms with Crippen LogP contribution in [-0.2, 0) is 4.79 Å². The zero-order valence-corrected chi connectivity index (χ0v) is 20.5. The molecule has 4 rings (SSSR count). The van der Waals surface area contributed by atoms with Crippen molar-refractivity contribution < 1.29 is 4.79 Å². The number of thiophene rings is 1. The van der Waals surface area contributed by atoms with Gasteiger partial charge in [-0.3, -0.25) is 9.59 Å². The molecule has 1 fully saturated rings. The molecule has 1 aromatic carbocycles. The number of halogens is 1. The molecule has 0 bridgehead atoms. The topological polar surface area (TPSA) is 67.2 Å². The summed E-state index contributed by atoms with van der Waals surface area (Å²) in [7, 11) is 0. The molecule has 33 heavy (non-hydrogen) atoms. The average molecular weight is 485 g/mol. The molecule has 3 aromatic rings. The van der Waals surface area contributed by atoms with Gasteiger partial charge in [0.15, 0.2) is 0 Å². The third kappa shape index (κ3) is 5.47. The van der Waals surface area contributed by atoms with Crippen LogP contribution in [0, 0.1) is 12.8 Å². The molecule has 1 aliphatic heterocycles. The molecule has 2 atom stereocenters. The zero-order chi connectivity index (χ0) is 23.4. The van der Waals surface area contributed by atoms with Crippen LogP contribution >= 0.6 is 22.9 Å². The summed E-state index contributed by atoms with van der Waals surface area (Å²) < 4.78 is 1.37. The number of nitrogens with zero attached hydrogens (tertiary/aromatic N) is 3. The first-order chi connectivity index (χ1) is 16.0. The summed E-state index contributed by atoms with van der Waals surface area (Å²) in [5.74, 6) is 0.659. The second kappa shape index (κ2) is 10.5. The molecule has 2 unspecified atom stereocenters. The number of piperidine rings is 1. The van der Waals surface area contributed by atoms with Crippen molar-refractivity contribution in [2.45, 2.75) is 45.6 Å². The van der Waals surface area contributed by atoms with E-state index in [2.05, 4.69) is 28.3 Å². The number of nitrogens with one attached hydrogen (secondary N) is 1. The van der Waals surface area contributed by atoms with Crippen LogP contribution in [0.4, 0.5) is 5.82 Å². The molecular weight excluding hydrogens is 456 g/mol. The van der Waals surface area contributed by atoms with Crippen LogP contribution in [0.3, 0.4) is 0 Å². The van der Waals surface area contributed by atoms with E-state index in [0.29, 0.717) is 23.1 Å². The highest BCUT2D eigenvalue weighted by atomic mass is 35.5. The molecule has 0 radical (unpaired) electrons. The van der Waals surface area contributed by atoms with Gasteiger partial charge in [0.05, 0.1) is 17.6 Å². The summed E-state index contributed by atoms with van der Waals surface area (Å²) in [5, 5.41) is 10.5. The van der Waals surface area contributed by atoms with Crippen LogP contribution in [0.15, 0.2) is 52.6 Å². The van der Waals surface area contributed by atoms with Gasteiger partial charge in [-0.15, -0.1) is 16.4 Å². The van der Waals surface area contributed by atoms with Crippen molar-refractivity contribution in [1.82, 2.24) is 15.1 Å². The first-order valence-electron chi connectivity index (χ1n) is 11.4. The van der Waals surface area contributed by atoms with E-state index in [1.165, 1.54) is 15.6 Å². The summed E-state index contributed by atoms with van der Waals surface area (Å²) in [6.07, 6.45) is 3.67. The van der Waals surface area contributed by atoms with Gasteiger partial charge >= 0.3 is 0 Å². The number of hydrogen-bond acceptors (Lipinski definition) is 5. The van der Waals surface area contributed by atoms with Gasteiger partial charge < -0.3 is 10.2 Å². The van der Waals surface area contributed by atoms with Gasteiger partial charge in [0.2, 0.25) is 5.91 Å². The van der Waals surface area contributed by atoms with Crippen molar-refractivity contribution in [1.29, 1.82) is 0 Å². The third-order valence-electron chi connectivity index (χ3n) is 6.08. The number of aryl methyl sites for hydroxylation is 1. The number of rotatable bonds is 7. The highest BCUT2D eigenvalue weighted by Gasteiger charge is 2.28. The normalized spacial score (nSPS) is 17.1. The van der Waals surface area contributed by atoms with Crippen molar-refractivity contribution >= 4 is 34.7 Å². The Morgan fingerprint density at radius 3 is 2.88 bits per heavy atom. The van der Waals surface area contributed by atoms with E-state index in [0.717, 1.165) is 37.8 Å². The monoisotopic (exact) mass is 484 g/mol. The minimum absolute atomic E-state index is 0.0594. The van der Waals surface area contributed by atoms with Crippen molar-refractivity contribution in [3.63, 3.8) is 0 Å². The second-order valence-corrected chi connectivity index (χ2v) is 9.91. The fourth-order valence-corrected chi connectivity index (χ4v) is 5.21. The summed E-state index contributed by atoms with van der Waals surface area (Å²) in [4.78, 5) is 28.9. The number of amides is 1. The number of aromatic nitrogens is 2. The molecule has 1 saturated heterocycles. The van der Waals surface area contributed by atoms with Crippen LogP contribution in [0.5, 0.6) is 0 Å². The van der Waals surface area contributed by atoms with Gasteiger partial charge in [-0.2, -0.15) is 4.68 Å². The maximum absolute atomic E-state index is 13.1. The number of benzene rings is 1. The van der Waals surface area contributed by atoms with Gasteiger partial charge in [-0.1, -0.05) is 37.1 Å². The number of anilines is 1. The lowest BCUT2D eigenvalue weighted by Crippen LogP contribution is -2.44. The predicted octanol–water partition coefficient (Wildman–Crippen LogP) is 5.13. The maximum atomic E-state index is 13.1. The third-order valence-corrected chi connectivity index (χ3v) is 7.48. The molecule has 2 aromatic heterocycles. The van der Waals surface area contributed by atoms with Gasteiger partial charge in [-0.05, 0) is 61.4 Å². The Hall–Kier alpha value is -2.64. The van der Waals surface area contributed by atoms with Gasteiger partial charge in [0, 0.05) is 29.1 Å². The van der Waals surface area contributed by atoms with E-state index in [1.54, 1.807) is 23.5 Å². The Bertz CT molecular complexity index is 1160. The molecule has 1 aliphatic rings. The van der Waals surface area contributed by atoms with Crippen LogP contribution in [0.1, 0.15) is 49.1 Å². The average Bonchev–Trinajstić information content (AvgIpc) is 3.36. The number of hydrogen-bond donors (Lipinski definition) is 1. The van der Waals surface area contributed by atoms with Crippen LogP contribution in [0.2, 0.25) is 5.02 Å². The SMILES string of the molecule is CCCC(NC(=O)C1CCCN(c2ccc(=O)n(-c3ccc(C)c(Cl)c3)n2)C1)c1cccs1. The molecular formula is C25H29ClN4O2S. The summed E-state index contributed by atoms with van der Waals surface area (Å²) >= 11 is 7.94. The van der Waals surface area contributed by atoms with E-state index in [4.69, 9.17) is 11.6 Å². The minimum Gasteiger partial charge on any atom is -0.354 e. The van der Waals surface area contributed by atoms with Crippen LogP contribution < -0.4 is 15.8 Å². The van der Waals surface area contributed by atoms with Crippen LogP contribution in [0.25, 0.3) is 5.69 Å². The molecule has 1 amide bonds. The van der Waals surface area contributed by atoms with Crippen LogP contribution in [-0.4, -0.2) is 28.8 Å². The van der Waals surface area contributed by atoms with Crippen molar-refractivity contribution in [3.05, 3.63) is 73.7 Å². The largest absolute Gasteiger partial charge is 0.354 e. The summed E-state index contributed by atoms with van der Waals surface area (Å²) in [6, 6.07) is 12.9. The Balaban J connectivity index is 1.50. The zero-order valence-electron chi connectivity index (χ0n) is 19.0. The minimum atomic E-state index is -0.219. The Labute approximate surface area is 203 Å². The lowest BCUT2D eigenvalue weighted by molar-refractivity contribution is -0.126.